The van der Waals surface area contributed by atoms with Gasteiger partial charge < -0.3 is 0 Å². The van der Waals surface area contributed by atoms with E-state index in [2.05, 4.69) is 70.5 Å². The molecule has 0 aliphatic rings. The third-order valence-corrected chi connectivity index (χ3v) is 5.16. The summed E-state index contributed by atoms with van der Waals surface area (Å²) in [5.74, 6) is 0. The number of aromatic nitrogens is 8. The van der Waals surface area contributed by atoms with Crippen LogP contribution >= 0.6 is 69.4 Å². The number of hydrogen-bond donors (Lipinski definition) is 8. The van der Waals surface area contributed by atoms with Crippen LogP contribution in [-0.2, 0) is 44.7 Å². The second kappa shape index (κ2) is 18.0. The Kier molecular flexibility index (Phi) is 17.7. The molecule has 0 amide bonds. The Morgan fingerprint density at radius 1 is 0.548 bits per heavy atom. The molecule has 15 heteroatoms. The van der Waals surface area contributed by atoms with Crippen LogP contribution in [0.2, 0.25) is 0 Å². The van der Waals surface area contributed by atoms with Gasteiger partial charge >= 0.3 is 55.9 Å². The number of thiol groups is 4. The Labute approximate surface area is 220 Å². The maximum absolute atomic E-state index is 4.88. The summed E-state index contributed by atoms with van der Waals surface area (Å²) in [5, 5.41) is 3.50. The Hall–Kier alpha value is -0.492. The van der Waals surface area contributed by atoms with Crippen molar-refractivity contribution in [3.8, 4) is 0 Å². The number of aromatic amines is 4. The summed E-state index contributed by atoms with van der Waals surface area (Å²) < 4.78 is 7.57. The zero-order valence-electron chi connectivity index (χ0n) is 17.3. The number of halogens is 2. The van der Waals surface area contributed by atoms with Crippen molar-refractivity contribution < 1.29 is 34.7 Å². The van der Waals surface area contributed by atoms with Crippen molar-refractivity contribution in [2.75, 3.05) is 0 Å². The molecule has 31 heavy (non-hydrogen) atoms. The van der Waals surface area contributed by atoms with Gasteiger partial charge in [0, 0.05) is 0 Å². The van der Waals surface area contributed by atoms with Crippen molar-refractivity contribution in [1.29, 1.82) is 0 Å². The van der Waals surface area contributed by atoms with E-state index >= 15 is 0 Å². The van der Waals surface area contributed by atoms with E-state index in [1.807, 2.05) is 96.0 Å². The fraction of sp³-hybridized carbons (Fsp3) is 0.250. The molecule has 0 spiro atoms. The number of rotatable bonds is 0. The molecule has 4 rings (SSSR count). The Bertz CT molecular complexity index is 753. The summed E-state index contributed by atoms with van der Waals surface area (Å²) in [7, 11) is 17.5. The van der Waals surface area contributed by atoms with Crippen LogP contribution in [0.1, 0.15) is 0 Å². The quantitative estimate of drug-likeness (QED) is 0.101. The molecular weight excluding hydrogens is 698 g/mol. The first-order valence-corrected chi connectivity index (χ1v) is 15.8. The summed E-state index contributed by atoms with van der Waals surface area (Å²) in [5.41, 5.74) is 0. The van der Waals surface area contributed by atoms with E-state index in [0.29, 0.717) is 0 Å². The van der Waals surface area contributed by atoms with Crippen molar-refractivity contribution in [3.05, 3.63) is 49.6 Å². The van der Waals surface area contributed by atoms with E-state index in [9.17, 15) is 0 Å². The molecule has 0 atom stereocenters. The number of nitrogens with zero attached hydrogens (tertiary/aromatic N) is 4. The third-order valence-electron chi connectivity index (χ3n) is 3.38. The van der Waals surface area contributed by atoms with Gasteiger partial charge in [-0.2, -0.15) is 0 Å². The third kappa shape index (κ3) is 14.3. The van der Waals surface area contributed by atoms with Gasteiger partial charge in [0.25, 0.3) is 0 Å². The zero-order valence-corrected chi connectivity index (χ0v) is 24.6. The SMILES string of the molecule is C[n+]1cc[nH]c1S.C[n+]1cc[nH]c1S.C[n+]1cc[nH]c1S.C[n+]1cc[nH]c1S.[Cl][Pt][Cl]. The predicted octanol–water partition coefficient (Wildman–Crippen LogP) is 1.89. The molecule has 4 aromatic heterocycles. The van der Waals surface area contributed by atoms with E-state index in [4.69, 9.17) is 18.8 Å². The monoisotopic (exact) mass is 725 g/mol. The van der Waals surface area contributed by atoms with E-state index in [0.717, 1.165) is 20.6 Å². The fourth-order valence-corrected chi connectivity index (χ4v) is 2.15. The van der Waals surface area contributed by atoms with Gasteiger partial charge in [-0.15, -0.1) is 0 Å². The average Bonchev–Trinajstić information content (AvgIpc) is 3.49. The normalized spacial score (nSPS) is 9.23. The van der Waals surface area contributed by atoms with E-state index in [1.165, 1.54) is 0 Å². The molecule has 8 nitrogen and oxygen atoms in total. The molecule has 0 aromatic carbocycles. The molecule has 0 aliphatic carbocycles. The molecule has 0 saturated heterocycles. The minimum atomic E-state index is -0.472. The first-order chi connectivity index (χ1) is 14.6. The fourth-order valence-electron chi connectivity index (χ4n) is 1.58. The van der Waals surface area contributed by atoms with Gasteiger partial charge in [0.05, 0.1) is 28.2 Å². The first kappa shape index (κ1) is 30.5. The summed E-state index contributed by atoms with van der Waals surface area (Å²) in [6.07, 6.45) is 15.0. The molecule has 4 heterocycles. The van der Waals surface area contributed by atoms with Crippen LogP contribution in [0.25, 0.3) is 0 Å². The standard InChI is InChI=1S/4C4H6N2S.2ClH.Pt/c4*1-6-3-2-5-4(6)7;;;/h4*2-3H,1H3,(H,5,7);2*1H;/q;;;;;;+2/p+2. The molecule has 0 radical (unpaired) electrons. The number of aryl methyl sites for hydroxylation is 4. The average molecular weight is 727 g/mol. The topological polar surface area (TPSA) is 78.7 Å². The molecule has 0 unspecified atom stereocenters. The van der Waals surface area contributed by atoms with Crippen LogP contribution in [0.3, 0.4) is 0 Å². The van der Waals surface area contributed by atoms with Gasteiger partial charge in [-0.25, -0.2) is 38.2 Å². The second-order valence-electron chi connectivity index (χ2n) is 5.62. The van der Waals surface area contributed by atoms with Crippen LogP contribution in [0.15, 0.2) is 70.2 Å². The number of H-pyrrole nitrogens is 4. The van der Waals surface area contributed by atoms with Crippen LogP contribution in [0.4, 0.5) is 0 Å². The first-order valence-electron chi connectivity index (χ1n) is 8.34. The van der Waals surface area contributed by atoms with Crippen LogP contribution in [0.5, 0.6) is 0 Å². The van der Waals surface area contributed by atoms with E-state index in [1.54, 1.807) is 0 Å². The number of nitrogens with one attached hydrogen (secondary N) is 4. The molecule has 4 N–H and O–H groups in total. The van der Waals surface area contributed by atoms with Crippen molar-refractivity contribution in [2.24, 2.45) is 28.2 Å². The summed E-state index contributed by atoms with van der Waals surface area (Å²) in [6, 6.07) is 0. The Balaban J connectivity index is 0.000000371. The van der Waals surface area contributed by atoms with Gasteiger partial charge in [0.1, 0.15) is 49.6 Å². The molecule has 0 saturated carbocycles. The summed E-state index contributed by atoms with van der Waals surface area (Å²) in [6.45, 7) is 0. The van der Waals surface area contributed by atoms with Crippen molar-refractivity contribution in [1.82, 2.24) is 19.9 Å². The maximum atomic E-state index is 4.88. The summed E-state index contributed by atoms with van der Waals surface area (Å²) >= 11 is 15.8. The second-order valence-corrected chi connectivity index (χ2v) is 10.6. The Morgan fingerprint density at radius 2 is 0.710 bits per heavy atom. The molecule has 176 valence electrons. The van der Waals surface area contributed by atoms with Crippen LogP contribution < -0.4 is 18.3 Å². The minimum absolute atomic E-state index is 0.472. The van der Waals surface area contributed by atoms with Gasteiger partial charge in [0.2, 0.25) is 0 Å². The van der Waals surface area contributed by atoms with Gasteiger partial charge in [-0.1, -0.05) is 50.5 Å². The van der Waals surface area contributed by atoms with Gasteiger partial charge in [-0.05, 0) is 0 Å². The number of imidazole rings is 4. The van der Waals surface area contributed by atoms with Gasteiger partial charge in [-0.3, -0.25) is 0 Å². The van der Waals surface area contributed by atoms with E-state index in [-0.39, 0.29) is 0 Å². The molecule has 0 aliphatic heterocycles. The number of hydrogen-bond acceptors (Lipinski definition) is 4. The molecule has 0 bridgehead atoms. The zero-order chi connectivity index (χ0) is 23.8. The summed E-state index contributed by atoms with van der Waals surface area (Å²) in [4.78, 5) is 11.6. The Morgan fingerprint density at radius 3 is 0.742 bits per heavy atom. The molecule has 0 fully saturated rings. The van der Waals surface area contributed by atoms with E-state index < -0.39 is 16.5 Å². The van der Waals surface area contributed by atoms with Gasteiger partial charge in [0.15, 0.2) is 0 Å². The van der Waals surface area contributed by atoms with Crippen molar-refractivity contribution in [3.63, 3.8) is 0 Å². The predicted molar refractivity (Wildman–Crippen MR) is 129 cm³/mol. The van der Waals surface area contributed by atoms with Crippen molar-refractivity contribution >= 4 is 69.4 Å². The van der Waals surface area contributed by atoms with Crippen LogP contribution in [0, 0.1) is 0 Å². The van der Waals surface area contributed by atoms with Crippen LogP contribution in [-0.4, -0.2) is 19.9 Å². The van der Waals surface area contributed by atoms with Crippen molar-refractivity contribution in [2.45, 2.75) is 20.6 Å². The molecule has 4 aromatic rings. The molecular formula is C16H28Cl2N8PtS4+4.